The maximum Gasteiger partial charge on any atom is 0.260 e. The average Bonchev–Trinajstić information content (AvgIpc) is 2.60. The largest absolute Gasteiger partial charge is 0.493 e. The van der Waals surface area contributed by atoms with Crippen LogP contribution in [0.15, 0.2) is 46.9 Å². The summed E-state index contributed by atoms with van der Waals surface area (Å²) in [5.41, 5.74) is 0.951. The van der Waals surface area contributed by atoms with Crippen molar-refractivity contribution in [1.82, 2.24) is 4.90 Å². The molecule has 0 aromatic heterocycles. The van der Waals surface area contributed by atoms with Crippen molar-refractivity contribution in [3.8, 4) is 17.2 Å². The lowest BCUT2D eigenvalue weighted by atomic mass is 10.2. The SMILES string of the molecule is COc1ccc(CN(C)C(=O)COc2ccc(Br)cc2)cc1OC. The first kappa shape index (κ1) is 18.1. The van der Waals surface area contributed by atoms with Gasteiger partial charge in [0.1, 0.15) is 5.75 Å². The van der Waals surface area contributed by atoms with Crippen molar-refractivity contribution < 1.29 is 19.0 Å². The third kappa shape index (κ3) is 4.89. The molecule has 2 rings (SSSR count). The molecule has 0 N–H and O–H groups in total. The van der Waals surface area contributed by atoms with Crippen molar-refractivity contribution in [3.05, 3.63) is 52.5 Å². The first-order chi connectivity index (χ1) is 11.5. The Morgan fingerprint density at radius 3 is 2.33 bits per heavy atom. The molecule has 0 bridgehead atoms. The number of hydrogen-bond donors (Lipinski definition) is 0. The van der Waals surface area contributed by atoms with Gasteiger partial charge < -0.3 is 19.1 Å². The van der Waals surface area contributed by atoms with E-state index in [4.69, 9.17) is 14.2 Å². The summed E-state index contributed by atoms with van der Waals surface area (Å²) in [6.45, 7) is 0.453. The predicted octanol–water partition coefficient (Wildman–Crippen LogP) is 3.50. The number of rotatable bonds is 7. The van der Waals surface area contributed by atoms with Gasteiger partial charge in [0.15, 0.2) is 18.1 Å². The molecular weight excluding hydrogens is 374 g/mol. The van der Waals surface area contributed by atoms with Gasteiger partial charge in [0.2, 0.25) is 0 Å². The summed E-state index contributed by atoms with van der Waals surface area (Å²) in [5, 5.41) is 0. The van der Waals surface area contributed by atoms with Crippen molar-refractivity contribution in [3.63, 3.8) is 0 Å². The van der Waals surface area contributed by atoms with Crippen molar-refractivity contribution in [2.45, 2.75) is 6.54 Å². The summed E-state index contributed by atoms with van der Waals surface area (Å²) in [7, 11) is 4.92. The Morgan fingerprint density at radius 2 is 1.71 bits per heavy atom. The zero-order chi connectivity index (χ0) is 17.5. The summed E-state index contributed by atoms with van der Waals surface area (Å²) in [6, 6.07) is 12.9. The molecule has 0 radical (unpaired) electrons. The number of benzene rings is 2. The van der Waals surface area contributed by atoms with Gasteiger partial charge in [-0.15, -0.1) is 0 Å². The van der Waals surface area contributed by atoms with Crippen LogP contribution in [0.25, 0.3) is 0 Å². The molecule has 0 heterocycles. The van der Waals surface area contributed by atoms with Crippen LogP contribution in [0.4, 0.5) is 0 Å². The number of nitrogens with zero attached hydrogens (tertiary/aromatic N) is 1. The Bertz CT molecular complexity index is 688. The van der Waals surface area contributed by atoms with E-state index in [9.17, 15) is 4.79 Å². The smallest absolute Gasteiger partial charge is 0.260 e. The number of carbonyl (C=O) groups excluding carboxylic acids is 1. The predicted molar refractivity (Wildman–Crippen MR) is 95.7 cm³/mol. The molecule has 1 amide bonds. The van der Waals surface area contributed by atoms with Gasteiger partial charge >= 0.3 is 0 Å². The normalized spacial score (nSPS) is 10.2. The number of hydrogen-bond acceptors (Lipinski definition) is 4. The fraction of sp³-hybridized carbons (Fsp3) is 0.278. The molecule has 0 aliphatic heterocycles. The number of carbonyl (C=O) groups is 1. The molecule has 0 aliphatic carbocycles. The molecule has 2 aromatic carbocycles. The number of halogens is 1. The van der Waals surface area contributed by atoms with E-state index >= 15 is 0 Å². The van der Waals surface area contributed by atoms with Gasteiger partial charge in [-0.25, -0.2) is 0 Å². The maximum atomic E-state index is 12.2. The van der Waals surface area contributed by atoms with Crippen molar-refractivity contribution in [2.24, 2.45) is 0 Å². The molecule has 2 aromatic rings. The lowest BCUT2D eigenvalue weighted by Crippen LogP contribution is -2.30. The van der Waals surface area contributed by atoms with E-state index in [0.29, 0.717) is 23.8 Å². The number of methoxy groups -OCH3 is 2. The zero-order valence-electron chi connectivity index (χ0n) is 13.9. The molecule has 5 nitrogen and oxygen atoms in total. The van der Waals surface area contributed by atoms with Crippen LogP contribution in [0.1, 0.15) is 5.56 Å². The van der Waals surface area contributed by atoms with E-state index in [0.717, 1.165) is 10.0 Å². The first-order valence-electron chi connectivity index (χ1n) is 7.36. The maximum absolute atomic E-state index is 12.2. The third-order valence-electron chi connectivity index (χ3n) is 3.47. The Morgan fingerprint density at radius 1 is 1.04 bits per heavy atom. The second-order valence-electron chi connectivity index (χ2n) is 5.18. The van der Waals surface area contributed by atoms with Crippen LogP contribution < -0.4 is 14.2 Å². The second kappa shape index (κ2) is 8.59. The molecule has 6 heteroatoms. The molecule has 24 heavy (non-hydrogen) atoms. The Kier molecular flexibility index (Phi) is 6.49. The van der Waals surface area contributed by atoms with Crippen molar-refractivity contribution >= 4 is 21.8 Å². The lowest BCUT2D eigenvalue weighted by molar-refractivity contribution is -0.132. The Hall–Kier alpha value is -2.21. The highest BCUT2D eigenvalue weighted by molar-refractivity contribution is 9.10. The molecule has 0 atom stereocenters. The minimum absolute atomic E-state index is 0.00851. The number of likely N-dealkylation sites (N-methyl/N-ethyl adjacent to an activating group) is 1. The van der Waals surface area contributed by atoms with Crippen molar-refractivity contribution in [1.29, 1.82) is 0 Å². The molecule has 0 spiro atoms. The van der Waals surface area contributed by atoms with Gasteiger partial charge in [0.05, 0.1) is 14.2 Å². The van der Waals surface area contributed by atoms with Gasteiger partial charge in [0, 0.05) is 18.1 Å². The van der Waals surface area contributed by atoms with Gasteiger partial charge in [-0.3, -0.25) is 4.79 Å². The highest BCUT2D eigenvalue weighted by atomic mass is 79.9. The Labute approximate surface area is 150 Å². The van der Waals surface area contributed by atoms with E-state index < -0.39 is 0 Å². The molecule has 0 fully saturated rings. The highest BCUT2D eigenvalue weighted by Gasteiger charge is 2.12. The molecule has 128 valence electrons. The first-order valence-corrected chi connectivity index (χ1v) is 8.16. The molecular formula is C18H20BrNO4. The van der Waals surface area contributed by atoms with Crippen molar-refractivity contribution in [2.75, 3.05) is 27.9 Å². The molecule has 0 unspecified atom stereocenters. The van der Waals surface area contributed by atoms with Crippen LogP contribution in [0.5, 0.6) is 17.2 Å². The highest BCUT2D eigenvalue weighted by Crippen LogP contribution is 2.27. The molecule has 0 aliphatic rings. The van der Waals surface area contributed by atoms with Gasteiger partial charge in [0.25, 0.3) is 5.91 Å². The standard InChI is InChI=1S/C18H20BrNO4/c1-20(11-13-4-9-16(22-2)17(10-13)23-3)18(21)12-24-15-7-5-14(19)6-8-15/h4-10H,11-12H2,1-3H3. The van der Waals surface area contributed by atoms with E-state index in [1.165, 1.54) is 0 Å². The van der Waals surface area contributed by atoms with Crippen LogP contribution in [0.3, 0.4) is 0 Å². The monoisotopic (exact) mass is 393 g/mol. The van der Waals surface area contributed by atoms with Crippen LogP contribution in [0.2, 0.25) is 0 Å². The second-order valence-corrected chi connectivity index (χ2v) is 6.10. The van der Waals surface area contributed by atoms with Gasteiger partial charge in [-0.05, 0) is 42.0 Å². The number of amides is 1. The summed E-state index contributed by atoms with van der Waals surface area (Å²) in [5.74, 6) is 1.86. The van der Waals surface area contributed by atoms with E-state index in [2.05, 4.69) is 15.9 Å². The average molecular weight is 394 g/mol. The van der Waals surface area contributed by atoms with Crippen LogP contribution in [-0.4, -0.2) is 38.7 Å². The fourth-order valence-electron chi connectivity index (χ4n) is 2.13. The van der Waals surface area contributed by atoms with Crippen LogP contribution in [-0.2, 0) is 11.3 Å². The van der Waals surface area contributed by atoms with E-state index in [1.54, 1.807) is 26.2 Å². The summed E-state index contributed by atoms with van der Waals surface area (Å²) < 4.78 is 17.0. The van der Waals surface area contributed by atoms with Crippen LogP contribution >= 0.6 is 15.9 Å². The summed E-state index contributed by atoms with van der Waals surface area (Å²) >= 11 is 3.36. The number of ether oxygens (including phenoxy) is 3. The minimum atomic E-state index is -0.104. The quantitative estimate of drug-likeness (QED) is 0.721. The molecule has 0 saturated carbocycles. The zero-order valence-corrected chi connectivity index (χ0v) is 15.5. The fourth-order valence-corrected chi connectivity index (χ4v) is 2.39. The summed E-state index contributed by atoms with van der Waals surface area (Å²) in [6.07, 6.45) is 0. The molecule has 0 saturated heterocycles. The topological polar surface area (TPSA) is 48.0 Å². The van der Waals surface area contributed by atoms with Gasteiger partial charge in [-0.2, -0.15) is 0 Å². The third-order valence-corrected chi connectivity index (χ3v) is 4.00. The minimum Gasteiger partial charge on any atom is -0.493 e. The van der Waals surface area contributed by atoms with Crippen LogP contribution in [0, 0.1) is 0 Å². The van der Waals surface area contributed by atoms with E-state index in [-0.39, 0.29) is 12.5 Å². The lowest BCUT2D eigenvalue weighted by Gasteiger charge is -2.18. The van der Waals surface area contributed by atoms with Gasteiger partial charge in [-0.1, -0.05) is 22.0 Å². The van der Waals surface area contributed by atoms with E-state index in [1.807, 2.05) is 42.5 Å². The summed E-state index contributed by atoms with van der Waals surface area (Å²) in [4.78, 5) is 13.8. The Balaban J connectivity index is 1.92.